The van der Waals surface area contributed by atoms with Gasteiger partial charge in [0.1, 0.15) is 17.3 Å². The van der Waals surface area contributed by atoms with Crippen LogP contribution in [0.4, 0.5) is 4.39 Å². The maximum absolute atomic E-state index is 13.2. The molecule has 0 saturated heterocycles. The highest BCUT2D eigenvalue weighted by atomic mass is 19.1. The molecule has 1 atom stereocenters. The molecule has 98 valence electrons. The Labute approximate surface area is 113 Å². The second-order valence-corrected chi connectivity index (χ2v) is 4.23. The van der Waals surface area contributed by atoms with Gasteiger partial charge in [-0.15, -0.1) is 0 Å². The van der Waals surface area contributed by atoms with Crippen molar-refractivity contribution in [1.82, 2.24) is 15.0 Å². The Kier molecular flexibility index (Phi) is 2.88. The minimum atomic E-state index is -1.26. The van der Waals surface area contributed by atoms with Gasteiger partial charge in [-0.25, -0.2) is 19.3 Å². The van der Waals surface area contributed by atoms with Crippen molar-refractivity contribution in [2.45, 2.75) is 13.1 Å². The van der Waals surface area contributed by atoms with Gasteiger partial charge in [0.15, 0.2) is 17.6 Å². The van der Waals surface area contributed by atoms with E-state index in [1.54, 1.807) is 18.2 Å². The molecule has 0 bridgehead atoms. The van der Waals surface area contributed by atoms with Crippen LogP contribution in [0.3, 0.4) is 0 Å². The molecule has 0 N–H and O–H groups in total. The summed E-state index contributed by atoms with van der Waals surface area (Å²) in [6.45, 7) is 1.37. The number of hydrogen-bond acceptors (Lipinski definition) is 5. The maximum atomic E-state index is 13.2. The van der Waals surface area contributed by atoms with Crippen LogP contribution < -0.4 is 0 Å². The predicted octanol–water partition coefficient (Wildman–Crippen LogP) is 3.19. The fraction of sp³-hybridized carbons (Fsp3) is 0.143. The molecule has 0 amide bonds. The molecule has 0 radical (unpaired) electrons. The van der Waals surface area contributed by atoms with E-state index < -0.39 is 6.17 Å². The van der Waals surface area contributed by atoms with Crippen LogP contribution in [-0.4, -0.2) is 15.0 Å². The zero-order valence-corrected chi connectivity index (χ0v) is 10.5. The van der Waals surface area contributed by atoms with E-state index in [9.17, 15) is 4.39 Å². The van der Waals surface area contributed by atoms with Gasteiger partial charge in [0.05, 0.1) is 0 Å². The average Bonchev–Trinajstić information content (AvgIpc) is 2.90. The molecule has 0 spiro atoms. The highest BCUT2D eigenvalue weighted by Gasteiger charge is 2.13. The molecule has 1 unspecified atom stereocenters. The van der Waals surface area contributed by atoms with E-state index in [0.29, 0.717) is 22.5 Å². The second-order valence-electron chi connectivity index (χ2n) is 4.23. The summed E-state index contributed by atoms with van der Waals surface area (Å²) in [7, 11) is 0. The summed E-state index contributed by atoms with van der Waals surface area (Å²) in [5, 5.41) is 8.84. The molecule has 0 saturated carbocycles. The van der Waals surface area contributed by atoms with Crippen LogP contribution in [0.5, 0.6) is 0 Å². The molecule has 0 aliphatic carbocycles. The zero-order chi connectivity index (χ0) is 14.1. The first-order chi connectivity index (χ1) is 9.67. The topological polar surface area (TPSA) is 75.6 Å². The lowest BCUT2D eigenvalue weighted by Crippen LogP contribution is -1.91. The number of benzene rings is 1. The summed E-state index contributed by atoms with van der Waals surface area (Å²) in [4.78, 5) is 12.3. The van der Waals surface area contributed by atoms with Gasteiger partial charge in [-0.1, -0.05) is 0 Å². The molecule has 3 aromatic rings. The smallest absolute Gasteiger partial charge is 0.229 e. The van der Waals surface area contributed by atoms with Crippen LogP contribution in [0.25, 0.3) is 22.5 Å². The van der Waals surface area contributed by atoms with Gasteiger partial charge in [0, 0.05) is 11.8 Å². The Morgan fingerprint density at radius 1 is 1.30 bits per heavy atom. The van der Waals surface area contributed by atoms with Gasteiger partial charge in [-0.3, -0.25) is 0 Å². The summed E-state index contributed by atoms with van der Waals surface area (Å²) >= 11 is 0. The first-order valence-corrected chi connectivity index (χ1v) is 5.95. The van der Waals surface area contributed by atoms with Crippen LogP contribution in [0.1, 0.15) is 24.7 Å². The summed E-state index contributed by atoms with van der Waals surface area (Å²) < 4.78 is 18.5. The number of hydrogen-bond donors (Lipinski definition) is 0. The van der Waals surface area contributed by atoms with Gasteiger partial charge in [0.25, 0.3) is 0 Å². The molecule has 5 nitrogen and oxygen atoms in total. The van der Waals surface area contributed by atoms with Crippen LogP contribution in [0.2, 0.25) is 0 Å². The largest absolute Gasteiger partial charge is 0.437 e. The Morgan fingerprint density at radius 3 is 2.90 bits per heavy atom. The van der Waals surface area contributed by atoms with Crippen LogP contribution in [-0.2, 0) is 0 Å². The third-order valence-corrected chi connectivity index (χ3v) is 2.77. The Hall–Kier alpha value is -2.81. The Bertz CT molecular complexity index is 819. The molecule has 6 heteroatoms. The highest BCUT2D eigenvalue weighted by Crippen LogP contribution is 2.25. The van der Waals surface area contributed by atoms with Crippen molar-refractivity contribution in [3.63, 3.8) is 0 Å². The lowest BCUT2D eigenvalue weighted by atomic mass is 10.2. The molecular formula is C14H9FN4O. The predicted molar refractivity (Wildman–Crippen MR) is 69.3 cm³/mol. The minimum Gasteiger partial charge on any atom is -0.437 e. The van der Waals surface area contributed by atoms with E-state index in [-0.39, 0.29) is 11.6 Å². The van der Waals surface area contributed by atoms with Gasteiger partial charge in [-0.2, -0.15) is 5.26 Å². The fourth-order valence-corrected chi connectivity index (χ4v) is 1.81. The van der Waals surface area contributed by atoms with Crippen molar-refractivity contribution in [1.29, 1.82) is 5.26 Å². The molecule has 3 rings (SSSR count). The van der Waals surface area contributed by atoms with E-state index >= 15 is 0 Å². The minimum absolute atomic E-state index is 0.0452. The number of aromatic nitrogens is 3. The summed E-state index contributed by atoms with van der Waals surface area (Å²) in [6.07, 6.45) is 0.257. The number of nitrogens with zero attached hydrogens (tertiary/aromatic N) is 4. The average molecular weight is 268 g/mol. The number of nitriles is 1. The highest BCUT2D eigenvalue weighted by molar-refractivity contribution is 5.78. The van der Waals surface area contributed by atoms with Gasteiger partial charge in [0.2, 0.25) is 5.89 Å². The first-order valence-electron chi connectivity index (χ1n) is 5.95. The Morgan fingerprint density at radius 2 is 2.15 bits per heavy atom. The molecule has 2 heterocycles. The summed E-state index contributed by atoms with van der Waals surface area (Å²) in [5.74, 6) is 0.465. The number of halogens is 1. The number of rotatable bonds is 2. The molecule has 1 aromatic carbocycles. The van der Waals surface area contributed by atoms with Crippen molar-refractivity contribution in [2.24, 2.45) is 0 Å². The number of alkyl halides is 1. The summed E-state index contributed by atoms with van der Waals surface area (Å²) in [5.41, 5.74) is 2.02. The maximum Gasteiger partial charge on any atom is 0.229 e. The monoisotopic (exact) mass is 268 g/mol. The zero-order valence-electron chi connectivity index (χ0n) is 10.5. The van der Waals surface area contributed by atoms with Crippen LogP contribution in [0.15, 0.2) is 34.9 Å². The normalized spacial score (nSPS) is 12.2. The number of fused-ring (bicyclic) bond motifs is 1. The van der Waals surface area contributed by atoms with Crippen molar-refractivity contribution in [3.8, 4) is 17.5 Å². The fourth-order valence-electron chi connectivity index (χ4n) is 1.81. The van der Waals surface area contributed by atoms with Crippen molar-refractivity contribution < 1.29 is 8.81 Å². The molecule has 0 aliphatic heterocycles. The number of oxazole rings is 1. The second kappa shape index (κ2) is 4.70. The molecule has 2 aromatic heterocycles. The third-order valence-electron chi connectivity index (χ3n) is 2.77. The van der Waals surface area contributed by atoms with Crippen LogP contribution in [0, 0.1) is 11.3 Å². The van der Waals surface area contributed by atoms with Crippen molar-refractivity contribution >= 4 is 11.1 Å². The SMILES string of the molecule is CC(F)c1nc2cc(-c3nccc(C#N)n3)ccc2o1. The summed E-state index contributed by atoms with van der Waals surface area (Å²) in [6, 6.07) is 8.63. The molecule has 0 fully saturated rings. The standard InChI is InChI=1S/C14H9FN4O/c1-8(15)14-19-11-6-9(2-3-12(11)20-14)13-17-5-4-10(7-16)18-13/h2-6,8H,1H3. The van der Waals surface area contributed by atoms with E-state index in [1.165, 1.54) is 19.2 Å². The van der Waals surface area contributed by atoms with Crippen molar-refractivity contribution in [3.05, 3.63) is 42.0 Å². The lowest BCUT2D eigenvalue weighted by molar-refractivity contribution is 0.306. The van der Waals surface area contributed by atoms with Gasteiger partial charge in [-0.05, 0) is 31.2 Å². The van der Waals surface area contributed by atoms with Crippen LogP contribution >= 0.6 is 0 Å². The van der Waals surface area contributed by atoms with Gasteiger partial charge >= 0.3 is 0 Å². The third kappa shape index (κ3) is 2.10. The van der Waals surface area contributed by atoms with Gasteiger partial charge < -0.3 is 4.42 Å². The molecular weight excluding hydrogens is 259 g/mol. The van der Waals surface area contributed by atoms with E-state index in [1.807, 2.05) is 6.07 Å². The molecule has 0 aliphatic rings. The van der Waals surface area contributed by atoms with Crippen molar-refractivity contribution in [2.75, 3.05) is 0 Å². The molecule has 20 heavy (non-hydrogen) atoms. The first kappa shape index (κ1) is 12.2. The van der Waals surface area contributed by atoms with E-state index in [4.69, 9.17) is 9.68 Å². The lowest BCUT2D eigenvalue weighted by Gasteiger charge is -1.99. The quantitative estimate of drug-likeness (QED) is 0.713. The van der Waals surface area contributed by atoms with E-state index in [0.717, 1.165) is 0 Å². The van der Waals surface area contributed by atoms with E-state index in [2.05, 4.69) is 15.0 Å². The Balaban J connectivity index is 2.10.